The summed E-state index contributed by atoms with van der Waals surface area (Å²) >= 11 is 0. The number of hydrogen-bond donors (Lipinski definition) is 1. The van der Waals surface area contributed by atoms with E-state index in [1.807, 2.05) is 30.3 Å². The van der Waals surface area contributed by atoms with E-state index in [2.05, 4.69) is 4.72 Å². The summed E-state index contributed by atoms with van der Waals surface area (Å²) in [5.74, 6) is 0. The molecule has 3 nitrogen and oxygen atoms in total. The zero-order valence-electron chi connectivity index (χ0n) is 8.40. The van der Waals surface area contributed by atoms with Gasteiger partial charge in [0.15, 0.2) is 0 Å². The number of sulfonamides is 1. The zero-order chi connectivity index (χ0) is 10.6. The smallest absolute Gasteiger partial charge is 0.214 e. The van der Waals surface area contributed by atoms with Gasteiger partial charge in [-0.1, -0.05) is 30.3 Å². The molecule has 0 aliphatic rings. The topological polar surface area (TPSA) is 46.2 Å². The van der Waals surface area contributed by atoms with Gasteiger partial charge in [-0.15, -0.1) is 0 Å². The Balaban J connectivity index is 2.72. The van der Waals surface area contributed by atoms with Crippen molar-refractivity contribution in [2.24, 2.45) is 0 Å². The van der Waals surface area contributed by atoms with E-state index in [1.54, 1.807) is 6.92 Å². The Kier molecular flexibility index (Phi) is 3.66. The van der Waals surface area contributed by atoms with E-state index >= 15 is 0 Å². The van der Waals surface area contributed by atoms with Gasteiger partial charge in [-0.3, -0.25) is 0 Å². The molecule has 0 spiro atoms. The minimum absolute atomic E-state index is 0.394. The van der Waals surface area contributed by atoms with Crippen LogP contribution in [0, 0.1) is 0 Å². The summed E-state index contributed by atoms with van der Waals surface area (Å²) in [5, 5.41) is -0.394. The van der Waals surface area contributed by atoms with Gasteiger partial charge < -0.3 is 0 Å². The third kappa shape index (κ3) is 2.82. The van der Waals surface area contributed by atoms with Crippen LogP contribution in [0.4, 0.5) is 0 Å². The summed E-state index contributed by atoms with van der Waals surface area (Å²) in [4.78, 5) is 0. The van der Waals surface area contributed by atoms with E-state index in [0.717, 1.165) is 5.56 Å². The van der Waals surface area contributed by atoms with E-state index < -0.39 is 15.3 Å². The van der Waals surface area contributed by atoms with Crippen LogP contribution in [-0.2, 0) is 16.4 Å². The summed E-state index contributed by atoms with van der Waals surface area (Å²) in [6, 6.07) is 9.60. The van der Waals surface area contributed by atoms with Gasteiger partial charge in [0.05, 0.1) is 5.25 Å². The summed E-state index contributed by atoms with van der Waals surface area (Å²) in [6.45, 7) is 1.71. The highest BCUT2D eigenvalue weighted by atomic mass is 32.2. The van der Waals surface area contributed by atoms with Crippen LogP contribution in [0.1, 0.15) is 12.5 Å². The third-order valence-corrected chi connectivity index (χ3v) is 3.98. The Bertz CT molecular complexity index is 372. The molecule has 0 aliphatic heterocycles. The molecule has 0 aliphatic carbocycles. The molecule has 0 bridgehead atoms. The molecule has 0 saturated carbocycles. The lowest BCUT2D eigenvalue weighted by atomic mass is 10.1. The molecule has 1 atom stereocenters. The van der Waals surface area contributed by atoms with Gasteiger partial charge in [-0.05, 0) is 26.0 Å². The molecular formula is C10H15NO2S. The molecule has 1 aromatic carbocycles. The Hall–Kier alpha value is -0.870. The normalized spacial score (nSPS) is 13.9. The van der Waals surface area contributed by atoms with E-state index in [4.69, 9.17) is 0 Å². The van der Waals surface area contributed by atoms with E-state index in [-0.39, 0.29) is 0 Å². The maximum absolute atomic E-state index is 11.4. The van der Waals surface area contributed by atoms with Gasteiger partial charge in [0.2, 0.25) is 10.0 Å². The molecule has 4 heteroatoms. The number of nitrogens with one attached hydrogen (secondary N) is 1. The van der Waals surface area contributed by atoms with Crippen molar-refractivity contribution >= 4 is 10.0 Å². The highest BCUT2D eigenvalue weighted by Gasteiger charge is 2.18. The van der Waals surface area contributed by atoms with Crippen LogP contribution in [0.5, 0.6) is 0 Å². The summed E-state index contributed by atoms with van der Waals surface area (Å²) < 4.78 is 25.1. The minimum Gasteiger partial charge on any atom is -0.218 e. The first-order valence-corrected chi connectivity index (χ1v) is 6.07. The van der Waals surface area contributed by atoms with Gasteiger partial charge in [0.1, 0.15) is 0 Å². The molecule has 0 heterocycles. The van der Waals surface area contributed by atoms with Crippen molar-refractivity contribution in [3.8, 4) is 0 Å². The number of rotatable bonds is 4. The van der Waals surface area contributed by atoms with Crippen LogP contribution in [-0.4, -0.2) is 20.7 Å². The van der Waals surface area contributed by atoms with Crippen LogP contribution in [0.2, 0.25) is 0 Å². The van der Waals surface area contributed by atoms with Gasteiger partial charge in [-0.25, -0.2) is 13.1 Å². The predicted octanol–water partition coefficient (Wildman–Crippen LogP) is 1.17. The molecule has 1 rings (SSSR count). The lowest BCUT2D eigenvalue weighted by Crippen LogP contribution is -2.30. The summed E-state index contributed by atoms with van der Waals surface area (Å²) in [6.07, 6.45) is 0.546. The van der Waals surface area contributed by atoms with Crippen LogP contribution in [0.3, 0.4) is 0 Å². The average molecular weight is 213 g/mol. The second kappa shape index (κ2) is 4.57. The van der Waals surface area contributed by atoms with E-state index in [0.29, 0.717) is 6.42 Å². The summed E-state index contributed by atoms with van der Waals surface area (Å²) in [7, 11) is -1.71. The monoisotopic (exact) mass is 213 g/mol. The quantitative estimate of drug-likeness (QED) is 0.816. The average Bonchev–Trinajstić information content (AvgIpc) is 2.19. The molecule has 0 unspecified atom stereocenters. The molecule has 0 radical (unpaired) electrons. The number of benzene rings is 1. The number of hydrogen-bond acceptors (Lipinski definition) is 2. The van der Waals surface area contributed by atoms with Crippen molar-refractivity contribution in [2.75, 3.05) is 7.05 Å². The molecule has 0 fully saturated rings. The molecular weight excluding hydrogens is 198 g/mol. The Labute approximate surface area is 85.2 Å². The summed E-state index contributed by atoms with van der Waals surface area (Å²) in [5.41, 5.74) is 1.04. The second-order valence-corrected chi connectivity index (χ2v) is 5.55. The van der Waals surface area contributed by atoms with Crippen molar-refractivity contribution in [2.45, 2.75) is 18.6 Å². The highest BCUT2D eigenvalue weighted by Crippen LogP contribution is 2.08. The molecule has 14 heavy (non-hydrogen) atoms. The van der Waals surface area contributed by atoms with Gasteiger partial charge in [-0.2, -0.15) is 0 Å². The van der Waals surface area contributed by atoms with Crippen molar-refractivity contribution in [3.05, 3.63) is 35.9 Å². The molecule has 0 saturated heterocycles. The first kappa shape index (κ1) is 11.2. The van der Waals surface area contributed by atoms with E-state index in [9.17, 15) is 8.42 Å². The van der Waals surface area contributed by atoms with Crippen LogP contribution in [0.25, 0.3) is 0 Å². The fourth-order valence-corrected chi connectivity index (χ4v) is 2.07. The fraction of sp³-hybridized carbons (Fsp3) is 0.400. The highest BCUT2D eigenvalue weighted by molar-refractivity contribution is 7.90. The largest absolute Gasteiger partial charge is 0.218 e. The van der Waals surface area contributed by atoms with Crippen LogP contribution < -0.4 is 4.72 Å². The lowest BCUT2D eigenvalue weighted by Gasteiger charge is -2.11. The Morgan fingerprint density at radius 3 is 2.36 bits per heavy atom. The maximum atomic E-state index is 11.4. The standard InChI is InChI=1S/C10H15NO2S/c1-9(14(12,13)11-2)8-10-6-4-3-5-7-10/h3-7,9,11H,8H2,1-2H3/t9-/m1/s1. The van der Waals surface area contributed by atoms with Crippen LogP contribution >= 0.6 is 0 Å². The lowest BCUT2D eigenvalue weighted by molar-refractivity contribution is 0.574. The van der Waals surface area contributed by atoms with Gasteiger partial charge >= 0.3 is 0 Å². The fourth-order valence-electron chi connectivity index (χ4n) is 1.26. The SMILES string of the molecule is CNS(=O)(=O)[C@H](C)Cc1ccccc1. The zero-order valence-corrected chi connectivity index (χ0v) is 9.21. The van der Waals surface area contributed by atoms with Crippen molar-refractivity contribution in [3.63, 3.8) is 0 Å². The minimum atomic E-state index is -3.15. The van der Waals surface area contributed by atoms with Gasteiger partial charge in [0, 0.05) is 0 Å². The second-order valence-electron chi connectivity index (χ2n) is 3.25. The van der Waals surface area contributed by atoms with Gasteiger partial charge in [0.25, 0.3) is 0 Å². The molecule has 0 amide bonds. The van der Waals surface area contributed by atoms with Crippen molar-refractivity contribution < 1.29 is 8.42 Å². The Morgan fingerprint density at radius 2 is 1.86 bits per heavy atom. The molecule has 78 valence electrons. The first-order valence-electron chi connectivity index (χ1n) is 4.52. The van der Waals surface area contributed by atoms with Crippen molar-refractivity contribution in [1.29, 1.82) is 0 Å². The third-order valence-electron chi connectivity index (χ3n) is 2.18. The maximum Gasteiger partial charge on any atom is 0.214 e. The Morgan fingerprint density at radius 1 is 1.29 bits per heavy atom. The van der Waals surface area contributed by atoms with Crippen LogP contribution in [0.15, 0.2) is 30.3 Å². The molecule has 1 N–H and O–H groups in total. The molecule has 0 aromatic heterocycles. The predicted molar refractivity (Wildman–Crippen MR) is 57.6 cm³/mol. The molecule has 1 aromatic rings. The first-order chi connectivity index (χ1) is 6.56. The van der Waals surface area contributed by atoms with Crippen molar-refractivity contribution in [1.82, 2.24) is 4.72 Å². The van der Waals surface area contributed by atoms with E-state index in [1.165, 1.54) is 7.05 Å².